The van der Waals surface area contributed by atoms with Crippen molar-refractivity contribution in [3.63, 3.8) is 0 Å². The molecule has 0 fully saturated rings. The summed E-state index contributed by atoms with van der Waals surface area (Å²) in [5.74, 6) is -0.0226. The van der Waals surface area contributed by atoms with Crippen molar-refractivity contribution in [2.75, 3.05) is 0 Å². The summed E-state index contributed by atoms with van der Waals surface area (Å²) in [7, 11) is -4.13. The lowest BCUT2D eigenvalue weighted by Gasteiger charge is -2.05. The molecular weight excluding hydrogens is 306 g/mol. The average molecular weight is 317 g/mol. The minimum absolute atomic E-state index is 0.0226. The maximum absolute atomic E-state index is 12.1. The molecule has 2 N–H and O–H groups in total. The van der Waals surface area contributed by atoms with Crippen molar-refractivity contribution >= 4 is 21.3 Å². The van der Waals surface area contributed by atoms with Crippen molar-refractivity contribution in [3.8, 4) is 16.9 Å². The van der Waals surface area contributed by atoms with Crippen molar-refractivity contribution in [1.29, 1.82) is 0 Å². The summed E-state index contributed by atoms with van der Waals surface area (Å²) in [4.78, 5) is 12.1. The SMILES string of the molecule is NS(=O)(=O)Oc1ccc2cc(-c3ccccc3)c(=O)oc2c1. The highest BCUT2D eigenvalue weighted by Crippen LogP contribution is 2.24. The van der Waals surface area contributed by atoms with Gasteiger partial charge in [-0.15, -0.1) is 0 Å². The molecule has 2 aromatic carbocycles. The van der Waals surface area contributed by atoms with E-state index in [0.717, 1.165) is 5.56 Å². The number of hydrogen-bond acceptors (Lipinski definition) is 5. The Balaban J connectivity index is 2.12. The highest BCUT2D eigenvalue weighted by molar-refractivity contribution is 7.84. The molecule has 3 rings (SSSR count). The number of rotatable bonds is 3. The molecular formula is C15H11NO5S. The third kappa shape index (κ3) is 3.00. The summed E-state index contributed by atoms with van der Waals surface area (Å²) in [5, 5.41) is 5.44. The van der Waals surface area contributed by atoms with E-state index in [1.807, 2.05) is 18.2 Å². The first-order chi connectivity index (χ1) is 10.4. The quantitative estimate of drug-likeness (QED) is 0.745. The molecule has 0 aliphatic rings. The zero-order chi connectivity index (χ0) is 15.7. The van der Waals surface area contributed by atoms with Crippen LogP contribution < -0.4 is 14.9 Å². The highest BCUT2D eigenvalue weighted by atomic mass is 32.2. The minimum atomic E-state index is -4.13. The van der Waals surface area contributed by atoms with Crippen LogP contribution in [0.25, 0.3) is 22.1 Å². The molecule has 0 saturated heterocycles. The van der Waals surface area contributed by atoms with Gasteiger partial charge < -0.3 is 8.60 Å². The van der Waals surface area contributed by atoms with Gasteiger partial charge in [0.1, 0.15) is 11.3 Å². The summed E-state index contributed by atoms with van der Waals surface area (Å²) in [5.41, 5.74) is 0.855. The molecule has 0 radical (unpaired) electrons. The Morgan fingerprint density at radius 2 is 1.73 bits per heavy atom. The lowest BCUT2D eigenvalue weighted by atomic mass is 10.1. The largest absolute Gasteiger partial charge is 0.422 e. The van der Waals surface area contributed by atoms with Gasteiger partial charge in [-0.25, -0.2) is 4.79 Å². The predicted molar refractivity (Wildman–Crippen MR) is 81.7 cm³/mol. The van der Waals surface area contributed by atoms with E-state index in [2.05, 4.69) is 4.18 Å². The van der Waals surface area contributed by atoms with Gasteiger partial charge in [-0.05, 0) is 23.8 Å². The van der Waals surface area contributed by atoms with Crippen LogP contribution in [0.4, 0.5) is 0 Å². The highest BCUT2D eigenvalue weighted by Gasteiger charge is 2.10. The van der Waals surface area contributed by atoms with Crippen LogP contribution in [0.15, 0.2) is 63.8 Å². The summed E-state index contributed by atoms with van der Waals surface area (Å²) in [6, 6.07) is 15.1. The van der Waals surface area contributed by atoms with Gasteiger partial charge >= 0.3 is 15.9 Å². The van der Waals surface area contributed by atoms with Crippen molar-refractivity contribution in [3.05, 3.63) is 65.0 Å². The van der Waals surface area contributed by atoms with E-state index < -0.39 is 15.9 Å². The zero-order valence-corrected chi connectivity index (χ0v) is 12.0. The Morgan fingerprint density at radius 1 is 1.00 bits per heavy atom. The van der Waals surface area contributed by atoms with Gasteiger partial charge in [-0.3, -0.25) is 0 Å². The van der Waals surface area contributed by atoms with Crippen LogP contribution in [0.1, 0.15) is 0 Å². The molecule has 0 saturated carbocycles. The Hall–Kier alpha value is -2.64. The topological polar surface area (TPSA) is 99.6 Å². The molecule has 0 bridgehead atoms. The lowest BCUT2D eigenvalue weighted by molar-refractivity contribution is 0.486. The monoisotopic (exact) mass is 317 g/mol. The number of hydrogen-bond donors (Lipinski definition) is 1. The molecule has 0 unspecified atom stereocenters. The molecule has 0 spiro atoms. The summed E-state index contributed by atoms with van der Waals surface area (Å²) >= 11 is 0. The molecule has 3 aromatic rings. The first-order valence-electron chi connectivity index (χ1n) is 6.28. The van der Waals surface area contributed by atoms with Gasteiger partial charge in [-0.2, -0.15) is 13.6 Å². The molecule has 6 nitrogen and oxygen atoms in total. The molecule has 22 heavy (non-hydrogen) atoms. The van der Waals surface area contributed by atoms with Crippen molar-refractivity contribution < 1.29 is 17.0 Å². The van der Waals surface area contributed by atoms with E-state index >= 15 is 0 Å². The second-order valence-electron chi connectivity index (χ2n) is 4.59. The van der Waals surface area contributed by atoms with Crippen LogP contribution in [-0.2, 0) is 10.3 Å². The molecule has 1 aromatic heterocycles. The fraction of sp³-hybridized carbons (Fsp3) is 0. The van der Waals surface area contributed by atoms with E-state index in [1.54, 1.807) is 24.3 Å². The van der Waals surface area contributed by atoms with Crippen molar-refractivity contribution in [1.82, 2.24) is 0 Å². The second kappa shape index (κ2) is 5.28. The Bertz CT molecular complexity index is 993. The van der Waals surface area contributed by atoms with E-state index in [9.17, 15) is 13.2 Å². The minimum Gasteiger partial charge on any atom is -0.422 e. The van der Waals surface area contributed by atoms with Gasteiger partial charge in [0.15, 0.2) is 0 Å². The first kappa shape index (κ1) is 14.3. The maximum atomic E-state index is 12.1. The fourth-order valence-corrected chi connectivity index (χ4v) is 2.47. The molecule has 0 aliphatic carbocycles. The molecule has 0 aliphatic heterocycles. The van der Waals surface area contributed by atoms with E-state index in [4.69, 9.17) is 9.56 Å². The third-order valence-corrected chi connectivity index (χ3v) is 3.43. The lowest BCUT2D eigenvalue weighted by Crippen LogP contribution is -2.18. The predicted octanol–water partition coefficient (Wildman–Crippen LogP) is 2.04. The van der Waals surface area contributed by atoms with Crippen LogP contribution in [0.2, 0.25) is 0 Å². The first-order valence-corrected chi connectivity index (χ1v) is 7.75. The van der Waals surface area contributed by atoms with E-state index in [0.29, 0.717) is 10.9 Å². The number of benzene rings is 2. The molecule has 7 heteroatoms. The fourth-order valence-electron chi connectivity index (χ4n) is 2.10. The van der Waals surface area contributed by atoms with Gasteiger partial charge in [0.25, 0.3) is 0 Å². The van der Waals surface area contributed by atoms with Crippen LogP contribution >= 0.6 is 0 Å². The number of fused-ring (bicyclic) bond motifs is 1. The molecule has 1 heterocycles. The van der Waals surface area contributed by atoms with E-state index in [-0.39, 0.29) is 11.3 Å². The van der Waals surface area contributed by atoms with Gasteiger partial charge in [0, 0.05) is 11.5 Å². The van der Waals surface area contributed by atoms with E-state index in [1.165, 1.54) is 12.1 Å². The Morgan fingerprint density at radius 3 is 2.41 bits per heavy atom. The Labute approximate surface area is 126 Å². The summed E-state index contributed by atoms with van der Waals surface area (Å²) < 4.78 is 31.6. The molecule has 0 atom stereocenters. The van der Waals surface area contributed by atoms with Gasteiger partial charge in [-0.1, -0.05) is 30.3 Å². The zero-order valence-electron chi connectivity index (χ0n) is 11.2. The van der Waals surface area contributed by atoms with Crippen LogP contribution in [0.5, 0.6) is 5.75 Å². The summed E-state index contributed by atoms with van der Waals surface area (Å²) in [6.07, 6.45) is 0. The maximum Gasteiger partial charge on any atom is 0.380 e. The Kier molecular flexibility index (Phi) is 3.44. The van der Waals surface area contributed by atoms with Crippen LogP contribution in [0, 0.1) is 0 Å². The number of nitrogens with two attached hydrogens (primary N) is 1. The van der Waals surface area contributed by atoms with Crippen LogP contribution in [-0.4, -0.2) is 8.42 Å². The molecule has 0 amide bonds. The molecule has 112 valence electrons. The standard InChI is InChI=1S/C15H11NO5S/c16-22(18,19)21-12-7-6-11-8-13(10-4-2-1-3-5-10)15(17)20-14(11)9-12/h1-9H,(H2,16,18,19). The van der Waals surface area contributed by atoms with Crippen LogP contribution in [0.3, 0.4) is 0 Å². The smallest absolute Gasteiger partial charge is 0.380 e. The van der Waals surface area contributed by atoms with Gasteiger partial charge in [0.2, 0.25) is 0 Å². The van der Waals surface area contributed by atoms with Crippen molar-refractivity contribution in [2.45, 2.75) is 0 Å². The second-order valence-corrected chi connectivity index (χ2v) is 5.74. The average Bonchev–Trinajstić information content (AvgIpc) is 2.45. The third-order valence-electron chi connectivity index (χ3n) is 3.00. The van der Waals surface area contributed by atoms with Gasteiger partial charge in [0.05, 0.1) is 5.56 Å². The summed E-state index contributed by atoms with van der Waals surface area (Å²) in [6.45, 7) is 0. The van der Waals surface area contributed by atoms with Crippen molar-refractivity contribution in [2.24, 2.45) is 5.14 Å². The normalized spacial score (nSPS) is 11.5.